The van der Waals surface area contributed by atoms with Crippen molar-refractivity contribution in [2.75, 3.05) is 31.1 Å². The van der Waals surface area contributed by atoms with Crippen LogP contribution in [0.3, 0.4) is 0 Å². The molecule has 6 nitrogen and oxygen atoms in total. The van der Waals surface area contributed by atoms with Gasteiger partial charge in [-0.3, -0.25) is 14.6 Å². The molecule has 134 valence electrons. The fourth-order valence-corrected chi connectivity index (χ4v) is 4.08. The van der Waals surface area contributed by atoms with Gasteiger partial charge < -0.3 is 4.90 Å². The summed E-state index contributed by atoms with van der Waals surface area (Å²) >= 11 is 0. The molecule has 2 aliphatic rings. The van der Waals surface area contributed by atoms with Crippen LogP contribution in [0.1, 0.15) is 18.4 Å². The first kappa shape index (κ1) is 16.4. The zero-order valence-corrected chi connectivity index (χ0v) is 14.3. The molecule has 0 unspecified atom stereocenters. The molecule has 2 aromatic heterocycles. The summed E-state index contributed by atoms with van der Waals surface area (Å²) in [4.78, 5) is 12.4. The van der Waals surface area contributed by atoms with E-state index in [1.165, 1.54) is 0 Å². The zero-order valence-electron chi connectivity index (χ0n) is 14.3. The van der Waals surface area contributed by atoms with Crippen molar-refractivity contribution in [1.82, 2.24) is 24.6 Å². The molecule has 8 heteroatoms. The average molecular weight is 348 g/mol. The molecular formula is C17H22F2N6. The number of aryl methyl sites for hydroxylation is 1. The number of likely N-dealkylation sites (tertiary alicyclic amines) is 1. The number of piperidine rings is 1. The largest absolute Gasteiger partial charge is 0.354 e. The van der Waals surface area contributed by atoms with E-state index in [0.717, 1.165) is 5.56 Å². The Morgan fingerprint density at radius 2 is 2.00 bits per heavy atom. The number of rotatable bonds is 3. The summed E-state index contributed by atoms with van der Waals surface area (Å²) in [6, 6.07) is 0. The Morgan fingerprint density at radius 1 is 1.12 bits per heavy atom. The Kier molecular flexibility index (Phi) is 3.94. The molecule has 0 amide bonds. The molecule has 25 heavy (non-hydrogen) atoms. The summed E-state index contributed by atoms with van der Waals surface area (Å²) in [5.74, 6) is -1.98. The molecule has 4 rings (SSSR count). The summed E-state index contributed by atoms with van der Waals surface area (Å²) in [7, 11) is 1.87. The second kappa shape index (κ2) is 6.01. The van der Waals surface area contributed by atoms with Gasteiger partial charge in [-0.15, -0.1) is 0 Å². The molecule has 2 aliphatic heterocycles. The SMILES string of the molecule is Cn1cc(CN2CCC(F)(F)[C@]3(CCN(c4cnccn4)C3)C2)cn1. The molecule has 1 spiro atoms. The fourth-order valence-electron chi connectivity index (χ4n) is 4.08. The molecule has 0 aliphatic carbocycles. The average Bonchev–Trinajstić information content (AvgIpc) is 3.20. The maximum atomic E-state index is 14.9. The van der Waals surface area contributed by atoms with Gasteiger partial charge >= 0.3 is 0 Å². The number of halogens is 2. The second-order valence-electron chi connectivity index (χ2n) is 7.20. The molecule has 2 saturated heterocycles. The topological polar surface area (TPSA) is 50.1 Å². The van der Waals surface area contributed by atoms with Crippen molar-refractivity contribution < 1.29 is 8.78 Å². The molecule has 4 heterocycles. The highest BCUT2D eigenvalue weighted by molar-refractivity contribution is 5.38. The zero-order chi connectivity index (χ0) is 17.5. The van der Waals surface area contributed by atoms with Gasteiger partial charge in [0.1, 0.15) is 5.82 Å². The van der Waals surface area contributed by atoms with E-state index in [9.17, 15) is 8.78 Å². The molecule has 0 aromatic carbocycles. The van der Waals surface area contributed by atoms with Gasteiger partial charge in [-0.25, -0.2) is 13.8 Å². The molecule has 2 aromatic rings. The van der Waals surface area contributed by atoms with Crippen molar-refractivity contribution in [1.29, 1.82) is 0 Å². The standard InChI is InChI=1S/C17H22F2N6/c1-23-10-14(8-22-23)11-24-6-3-17(18,19)16(12-24)2-7-25(13-16)15-9-20-4-5-21-15/h4-5,8-10H,2-3,6-7,11-13H2,1H3/t16-/m1/s1. The van der Waals surface area contributed by atoms with Crippen LogP contribution >= 0.6 is 0 Å². The van der Waals surface area contributed by atoms with Crippen LogP contribution in [-0.4, -0.2) is 56.7 Å². The van der Waals surface area contributed by atoms with Crippen molar-refractivity contribution in [3.05, 3.63) is 36.5 Å². The molecule has 0 bridgehead atoms. The second-order valence-corrected chi connectivity index (χ2v) is 7.20. The predicted molar refractivity (Wildman–Crippen MR) is 89.3 cm³/mol. The van der Waals surface area contributed by atoms with E-state index in [1.807, 2.05) is 18.1 Å². The minimum Gasteiger partial charge on any atom is -0.354 e. The van der Waals surface area contributed by atoms with E-state index in [4.69, 9.17) is 0 Å². The molecule has 0 radical (unpaired) electrons. The summed E-state index contributed by atoms with van der Waals surface area (Å²) in [6.07, 6.45) is 8.98. The van der Waals surface area contributed by atoms with Gasteiger partial charge in [0, 0.05) is 70.3 Å². The maximum Gasteiger partial charge on any atom is 0.257 e. The van der Waals surface area contributed by atoms with Crippen molar-refractivity contribution in [2.45, 2.75) is 25.3 Å². The van der Waals surface area contributed by atoms with E-state index in [2.05, 4.69) is 20.0 Å². The highest BCUT2D eigenvalue weighted by Crippen LogP contribution is 2.50. The molecule has 0 saturated carbocycles. The quantitative estimate of drug-likeness (QED) is 0.849. The van der Waals surface area contributed by atoms with Gasteiger partial charge in [-0.2, -0.15) is 5.10 Å². The van der Waals surface area contributed by atoms with E-state index in [1.54, 1.807) is 29.5 Å². The molecule has 2 fully saturated rings. The summed E-state index contributed by atoms with van der Waals surface area (Å²) in [5, 5.41) is 4.17. The number of alkyl halides is 2. The first-order chi connectivity index (χ1) is 12.0. The minimum absolute atomic E-state index is 0.0957. The highest BCUT2D eigenvalue weighted by Gasteiger charge is 2.59. The van der Waals surface area contributed by atoms with Crippen LogP contribution in [0.4, 0.5) is 14.6 Å². The Morgan fingerprint density at radius 3 is 2.72 bits per heavy atom. The maximum absolute atomic E-state index is 14.9. The lowest BCUT2D eigenvalue weighted by Crippen LogP contribution is -2.56. The van der Waals surface area contributed by atoms with Crippen molar-refractivity contribution in [3.8, 4) is 0 Å². The smallest absolute Gasteiger partial charge is 0.257 e. The van der Waals surface area contributed by atoms with Crippen LogP contribution in [0.2, 0.25) is 0 Å². The lowest BCUT2D eigenvalue weighted by atomic mass is 9.75. The van der Waals surface area contributed by atoms with E-state index in [-0.39, 0.29) is 6.42 Å². The predicted octanol–water partition coefficient (Wildman–Crippen LogP) is 1.95. The third-order valence-electron chi connectivity index (χ3n) is 5.44. The van der Waals surface area contributed by atoms with Crippen molar-refractivity contribution in [2.24, 2.45) is 12.5 Å². The van der Waals surface area contributed by atoms with E-state index >= 15 is 0 Å². The van der Waals surface area contributed by atoms with Crippen LogP contribution < -0.4 is 4.90 Å². The third-order valence-corrected chi connectivity index (χ3v) is 5.44. The molecule has 1 atom stereocenters. The Labute approximate surface area is 145 Å². The van der Waals surface area contributed by atoms with Crippen LogP contribution in [-0.2, 0) is 13.6 Å². The lowest BCUT2D eigenvalue weighted by Gasteiger charge is -2.45. The summed E-state index contributed by atoms with van der Waals surface area (Å²) in [5.41, 5.74) is 0.0389. The number of hydrogen-bond acceptors (Lipinski definition) is 5. The summed E-state index contributed by atoms with van der Waals surface area (Å²) < 4.78 is 31.5. The van der Waals surface area contributed by atoms with Gasteiger partial charge in [-0.05, 0) is 6.42 Å². The van der Waals surface area contributed by atoms with Gasteiger partial charge in [0.05, 0.1) is 17.8 Å². The number of aromatic nitrogens is 4. The van der Waals surface area contributed by atoms with Crippen molar-refractivity contribution in [3.63, 3.8) is 0 Å². The third kappa shape index (κ3) is 2.99. The minimum atomic E-state index is -2.66. The molecule has 0 N–H and O–H groups in total. The van der Waals surface area contributed by atoms with E-state index < -0.39 is 11.3 Å². The van der Waals surface area contributed by atoms with Gasteiger partial charge in [0.15, 0.2) is 0 Å². The van der Waals surface area contributed by atoms with Gasteiger partial charge in [0.25, 0.3) is 5.92 Å². The van der Waals surface area contributed by atoms with Crippen LogP contribution in [0.25, 0.3) is 0 Å². The lowest BCUT2D eigenvalue weighted by molar-refractivity contribution is -0.158. The van der Waals surface area contributed by atoms with Crippen LogP contribution in [0.15, 0.2) is 31.0 Å². The molecular weight excluding hydrogens is 326 g/mol. The van der Waals surface area contributed by atoms with Gasteiger partial charge in [0.2, 0.25) is 0 Å². The Hall–Kier alpha value is -2.09. The highest BCUT2D eigenvalue weighted by atomic mass is 19.3. The van der Waals surface area contributed by atoms with E-state index in [0.29, 0.717) is 45.0 Å². The van der Waals surface area contributed by atoms with Crippen molar-refractivity contribution >= 4 is 5.82 Å². The fraction of sp³-hybridized carbons (Fsp3) is 0.588. The monoisotopic (exact) mass is 348 g/mol. The Balaban J connectivity index is 1.52. The number of hydrogen-bond donors (Lipinski definition) is 0. The first-order valence-electron chi connectivity index (χ1n) is 8.56. The first-order valence-corrected chi connectivity index (χ1v) is 8.56. The van der Waals surface area contributed by atoms with Gasteiger partial charge in [-0.1, -0.05) is 0 Å². The normalized spacial score (nSPS) is 26.4. The number of nitrogens with zero attached hydrogens (tertiary/aromatic N) is 6. The number of anilines is 1. The Bertz CT molecular complexity index is 734. The van der Waals surface area contributed by atoms with Crippen LogP contribution in [0.5, 0.6) is 0 Å². The summed E-state index contributed by atoms with van der Waals surface area (Å²) in [6.45, 7) is 2.38. The van der Waals surface area contributed by atoms with Crippen LogP contribution in [0, 0.1) is 5.41 Å².